The molecule has 0 heterocycles. The zero-order chi connectivity index (χ0) is 8.91. The van der Waals surface area contributed by atoms with E-state index in [0.717, 1.165) is 0 Å². The molecule has 0 aliphatic heterocycles. The minimum Gasteiger partial charge on any atom is -0.329 e. The largest absolute Gasteiger partial charge is 0.329 e. The lowest BCUT2D eigenvalue weighted by atomic mass is 10.4. The average molecular weight is 176 g/mol. The normalized spacial score (nSPS) is 13.9. The second kappa shape index (κ2) is 4.34. The maximum atomic E-state index is 10.9. The molecule has 0 aromatic rings. The average Bonchev–Trinajstić information content (AvgIpc) is 1.86. The molecule has 64 valence electrons. The van der Waals surface area contributed by atoms with Gasteiger partial charge in [-0.25, -0.2) is 13.1 Å². The molecule has 0 aromatic heterocycles. The summed E-state index contributed by atoms with van der Waals surface area (Å²) in [4.78, 5) is 0. The molecule has 0 fully saturated rings. The number of nitrogens with two attached hydrogens (primary N) is 1. The summed E-state index contributed by atoms with van der Waals surface area (Å²) in [5, 5.41) is 0. The molecule has 0 saturated heterocycles. The van der Waals surface area contributed by atoms with E-state index in [-0.39, 0.29) is 12.3 Å². The highest BCUT2D eigenvalue weighted by molar-refractivity contribution is 7.89. The molecule has 0 bridgehead atoms. The molecule has 0 aliphatic carbocycles. The first kappa shape index (κ1) is 10.4. The van der Waals surface area contributed by atoms with Crippen molar-refractivity contribution in [1.82, 2.24) is 4.72 Å². The quantitative estimate of drug-likeness (QED) is 0.533. The van der Waals surface area contributed by atoms with Crippen LogP contribution in [-0.4, -0.2) is 26.8 Å². The van der Waals surface area contributed by atoms with E-state index in [9.17, 15) is 8.42 Å². The lowest BCUT2D eigenvalue weighted by Crippen LogP contribution is -2.35. The molecule has 3 N–H and O–H groups in total. The van der Waals surface area contributed by atoms with Gasteiger partial charge in [-0.1, -0.05) is 5.92 Å². The number of hydrogen-bond donors (Lipinski definition) is 2. The van der Waals surface area contributed by atoms with Crippen LogP contribution >= 0.6 is 0 Å². The van der Waals surface area contributed by atoms with Gasteiger partial charge in [-0.2, -0.15) is 0 Å². The van der Waals surface area contributed by atoms with Crippen LogP contribution in [0.25, 0.3) is 0 Å². The summed E-state index contributed by atoms with van der Waals surface area (Å²) < 4.78 is 24.1. The number of terminal acetylenes is 1. The van der Waals surface area contributed by atoms with Gasteiger partial charge in [-0.05, 0) is 6.92 Å². The number of nitrogens with one attached hydrogen (secondary N) is 1. The molecule has 0 aromatic carbocycles. The highest BCUT2D eigenvalue weighted by Crippen LogP contribution is 1.85. The lowest BCUT2D eigenvalue weighted by Gasteiger charge is -2.06. The van der Waals surface area contributed by atoms with E-state index < -0.39 is 16.1 Å². The molecule has 1 atom stereocenters. The Labute approximate surface area is 67.2 Å². The lowest BCUT2D eigenvalue weighted by molar-refractivity contribution is 0.577. The van der Waals surface area contributed by atoms with E-state index in [1.165, 1.54) is 0 Å². The van der Waals surface area contributed by atoms with Crippen molar-refractivity contribution in [3.05, 3.63) is 0 Å². The van der Waals surface area contributed by atoms with Gasteiger partial charge < -0.3 is 5.73 Å². The maximum absolute atomic E-state index is 10.9. The Morgan fingerprint density at radius 3 is 2.64 bits per heavy atom. The molecule has 0 saturated carbocycles. The van der Waals surface area contributed by atoms with Gasteiger partial charge in [0.15, 0.2) is 0 Å². The molecular weight excluding hydrogens is 164 g/mol. The summed E-state index contributed by atoms with van der Waals surface area (Å²) in [6.07, 6.45) is 4.97. The van der Waals surface area contributed by atoms with Gasteiger partial charge in [0.2, 0.25) is 10.0 Å². The first-order valence-electron chi connectivity index (χ1n) is 3.18. The molecule has 0 spiro atoms. The van der Waals surface area contributed by atoms with Gasteiger partial charge in [-0.3, -0.25) is 0 Å². The highest BCUT2D eigenvalue weighted by atomic mass is 32.2. The van der Waals surface area contributed by atoms with E-state index in [2.05, 4.69) is 10.6 Å². The van der Waals surface area contributed by atoms with Gasteiger partial charge in [0, 0.05) is 6.54 Å². The monoisotopic (exact) mass is 176 g/mol. The predicted molar refractivity (Wildman–Crippen MR) is 44.3 cm³/mol. The molecule has 0 rings (SSSR count). The van der Waals surface area contributed by atoms with Gasteiger partial charge in [0.05, 0.1) is 11.8 Å². The summed E-state index contributed by atoms with van der Waals surface area (Å²) in [7, 11) is -3.26. The van der Waals surface area contributed by atoms with Crippen LogP contribution in [0.2, 0.25) is 0 Å². The van der Waals surface area contributed by atoms with Gasteiger partial charge in [0.25, 0.3) is 0 Å². The Morgan fingerprint density at radius 2 is 2.27 bits per heavy atom. The van der Waals surface area contributed by atoms with Crippen molar-refractivity contribution >= 4 is 10.0 Å². The second-order valence-corrected chi connectivity index (χ2v) is 3.99. The van der Waals surface area contributed by atoms with E-state index in [1.54, 1.807) is 6.92 Å². The van der Waals surface area contributed by atoms with Crippen molar-refractivity contribution in [2.24, 2.45) is 5.73 Å². The predicted octanol–water partition coefficient (Wildman–Crippen LogP) is -1.11. The van der Waals surface area contributed by atoms with Crippen LogP contribution in [-0.2, 0) is 10.0 Å². The van der Waals surface area contributed by atoms with Crippen LogP contribution in [0, 0.1) is 12.3 Å². The van der Waals surface area contributed by atoms with Crippen LogP contribution in [0.5, 0.6) is 0 Å². The third-order valence-corrected chi connectivity index (χ3v) is 2.48. The van der Waals surface area contributed by atoms with Crippen molar-refractivity contribution < 1.29 is 8.42 Å². The fourth-order valence-electron chi connectivity index (χ4n) is 0.517. The summed E-state index contributed by atoms with van der Waals surface area (Å²) in [6.45, 7) is 1.70. The number of sulfonamides is 1. The van der Waals surface area contributed by atoms with Gasteiger partial charge in [0.1, 0.15) is 0 Å². The van der Waals surface area contributed by atoms with Gasteiger partial charge >= 0.3 is 0 Å². The number of rotatable bonds is 4. The Balaban J connectivity index is 4.05. The standard InChI is InChI=1S/C6H12N2O2S/c1-3-6(2)8-11(9,10)5-4-7/h1,6,8H,4-5,7H2,2H3. The molecule has 0 radical (unpaired) electrons. The first-order valence-corrected chi connectivity index (χ1v) is 4.83. The third kappa shape index (κ3) is 4.79. The molecule has 11 heavy (non-hydrogen) atoms. The summed E-state index contributed by atoms with van der Waals surface area (Å²) in [5.74, 6) is 2.16. The first-order chi connectivity index (χ1) is 5.02. The maximum Gasteiger partial charge on any atom is 0.213 e. The zero-order valence-electron chi connectivity index (χ0n) is 6.37. The molecular formula is C6H12N2O2S. The van der Waals surface area contributed by atoms with Crippen molar-refractivity contribution in [3.8, 4) is 12.3 Å². The van der Waals surface area contributed by atoms with Crippen LogP contribution in [0.15, 0.2) is 0 Å². The molecule has 0 aliphatic rings. The Kier molecular flexibility index (Phi) is 4.11. The van der Waals surface area contributed by atoms with Crippen LogP contribution in [0.4, 0.5) is 0 Å². The smallest absolute Gasteiger partial charge is 0.213 e. The van der Waals surface area contributed by atoms with Crippen LogP contribution in [0.1, 0.15) is 6.92 Å². The van der Waals surface area contributed by atoms with E-state index in [4.69, 9.17) is 12.2 Å². The zero-order valence-corrected chi connectivity index (χ0v) is 7.19. The van der Waals surface area contributed by atoms with Crippen LogP contribution in [0.3, 0.4) is 0 Å². The molecule has 5 heteroatoms. The van der Waals surface area contributed by atoms with E-state index in [1.807, 2.05) is 0 Å². The summed E-state index contributed by atoms with van der Waals surface area (Å²) in [6, 6.07) is -0.466. The molecule has 0 amide bonds. The Hall–Kier alpha value is -0.570. The fourth-order valence-corrected chi connectivity index (χ4v) is 1.55. The van der Waals surface area contributed by atoms with Crippen molar-refractivity contribution in [2.45, 2.75) is 13.0 Å². The van der Waals surface area contributed by atoms with Crippen LogP contribution < -0.4 is 10.5 Å². The second-order valence-electron chi connectivity index (χ2n) is 2.11. The Bertz CT molecular complexity index is 240. The molecule has 4 nitrogen and oxygen atoms in total. The van der Waals surface area contributed by atoms with E-state index in [0.29, 0.717) is 0 Å². The topological polar surface area (TPSA) is 72.2 Å². The van der Waals surface area contributed by atoms with E-state index >= 15 is 0 Å². The summed E-state index contributed by atoms with van der Waals surface area (Å²) in [5.41, 5.74) is 5.06. The van der Waals surface area contributed by atoms with Crippen molar-refractivity contribution in [3.63, 3.8) is 0 Å². The summed E-state index contributed by atoms with van der Waals surface area (Å²) >= 11 is 0. The minimum absolute atomic E-state index is 0.0843. The number of hydrogen-bond acceptors (Lipinski definition) is 3. The van der Waals surface area contributed by atoms with Gasteiger partial charge in [-0.15, -0.1) is 6.42 Å². The van der Waals surface area contributed by atoms with Crippen molar-refractivity contribution in [2.75, 3.05) is 12.3 Å². The third-order valence-electron chi connectivity index (χ3n) is 0.993. The minimum atomic E-state index is -3.26. The SMILES string of the molecule is C#CC(C)NS(=O)(=O)CCN. The Morgan fingerprint density at radius 1 is 1.73 bits per heavy atom. The molecule has 1 unspecified atom stereocenters. The highest BCUT2D eigenvalue weighted by Gasteiger charge is 2.10. The van der Waals surface area contributed by atoms with Crippen molar-refractivity contribution in [1.29, 1.82) is 0 Å². The fraction of sp³-hybridized carbons (Fsp3) is 0.667.